The monoisotopic (exact) mass is 224 g/mol. The Morgan fingerprint density at radius 2 is 2.06 bits per heavy atom. The predicted molar refractivity (Wildman–Crippen MR) is 57.0 cm³/mol. The first kappa shape index (κ1) is 11.0. The average Bonchev–Trinajstić information content (AvgIpc) is 2.78. The van der Waals surface area contributed by atoms with Gasteiger partial charge in [-0.25, -0.2) is 4.68 Å². The van der Waals surface area contributed by atoms with Gasteiger partial charge in [0, 0.05) is 26.2 Å². The molecule has 1 amide bonds. The van der Waals surface area contributed by atoms with Crippen LogP contribution in [0.3, 0.4) is 0 Å². The lowest BCUT2D eigenvalue weighted by molar-refractivity contribution is 0.0714. The quantitative estimate of drug-likeness (QED) is 0.719. The normalized spacial score (nSPS) is 16.8. The molecule has 0 unspecified atom stereocenters. The molecule has 0 radical (unpaired) electrons. The SMILES string of the molecule is CC(C)n1nnnc1C(=O)N1CCNCC1. The van der Waals surface area contributed by atoms with Crippen LogP contribution in [-0.2, 0) is 0 Å². The zero-order valence-electron chi connectivity index (χ0n) is 9.55. The van der Waals surface area contributed by atoms with E-state index in [0.717, 1.165) is 13.1 Å². The number of hydrogen-bond acceptors (Lipinski definition) is 5. The van der Waals surface area contributed by atoms with Gasteiger partial charge in [0.05, 0.1) is 6.04 Å². The molecule has 1 aliphatic rings. The summed E-state index contributed by atoms with van der Waals surface area (Å²) < 4.78 is 1.56. The lowest BCUT2D eigenvalue weighted by atomic mass is 10.3. The number of piperazine rings is 1. The number of tetrazole rings is 1. The van der Waals surface area contributed by atoms with Crippen LogP contribution in [-0.4, -0.2) is 57.2 Å². The minimum absolute atomic E-state index is 0.0831. The Morgan fingerprint density at radius 1 is 1.38 bits per heavy atom. The zero-order valence-corrected chi connectivity index (χ0v) is 9.55. The summed E-state index contributed by atoms with van der Waals surface area (Å²) in [4.78, 5) is 13.9. The van der Waals surface area contributed by atoms with Crippen LogP contribution in [0.4, 0.5) is 0 Å². The number of hydrogen-bond donors (Lipinski definition) is 1. The third-order valence-corrected chi connectivity index (χ3v) is 2.58. The maximum atomic E-state index is 12.1. The highest BCUT2D eigenvalue weighted by Gasteiger charge is 2.24. The van der Waals surface area contributed by atoms with Gasteiger partial charge in [0.2, 0.25) is 5.82 Å². The third-order valence-electron chi connectivity index (χ3n) is 2.58. The Bertz CT molecular complexity index is 368. The van der Waals surface area contributed by atoms with Crippen molar-refractivity contribution in [2.75, 3.05) is 26.2 Å². The summed E-state index contributed by atoms with van der Waals surface area (Å²) in [5.74, 6) is 0.247. The molecule has 0 saturated carbocycles. The largest absolute Gasteiger partial charge is 0.333 e. The molecule has 1 aromatic rings. The molecule has 0 aromatic carbocycles. The van der Waals surface area contributed by atoms with Crippen molar-refractivity contribution in [2.24, 2.45) is 0 Å². The van der Waals surface area contributed by atoms with Crippen LogP contribution in [0.2, 0.25) is 0 Å². The summed E-state index contributed by atoms with van der Waals surface area (Å²) in [6.07, 6.45) is 0. The first-order valence-electron chi connectivity index (χ1n) is 5.48. The number of rotatable bonds is 2. The summed E-state index contributed by atoms with van der Waals surface area (Å²) in [5, 5.41) is 14.4. The van der Waals surface area contributed by atoms with E-state index in [1.807, 2.05) is 13.8 Å². The second kappa shape index (κ2) is 4.56. The zero-order chi connectivity index (χ0) is 11.5. The fourth-order valence-electron chi connectivity index (χ4n) is 1.69. The first-order chi connectivity index (χ1) is 7.70. The van der Waals surface area contributed by atoms with Crippen molar-refractivity contribution in [3.63, 3.8) is 0 Å². The smallest absolute Gasteiger partial charge is 0.293 e. The van der Waals surface area contributed by atoms with Crippen LogP contribution in [0.1, 0.15) is 30.5 Å². The molecule has 2 rings (SSSR count). The second-order valence-electron chi connectivity index (χ2n) is 4.08. The van der Waals surface area contributed by atoms with Crippen molar-refractivity contribution >= 4 is 5.91 Å². The molecule has 0 atom stereocenters. The Balaban J connectivity index is 2.16. The Morgan fingerprint density at radius 3 is 2.69 bits per heavy atom. The molecule has 16 heavy (non-hydrogen) atoms. The van der Waals surface area contributed by atoms with Gasteiger partial charge in [0.15, 0.2) is 0 Å². The van der Waals surface area contributed by atoms with Crippen molar-refractivity contribution in [3.8, 4) is 0 Å². The summed E-state index contributed by atoms with van der Waals surface area (Å²) in [7, 11) is 0. The topological polar surface area (TPSA) is 75.9 Å². The molecular weight excluding hydrogens is 208 g/mol. The number of amides is 1. The van der Waals surface area contributed by atoms with Gasteiger partial charge in [-0.05, 0) is 24.3 Å². The van der Waals surface area contributed by atoms with Crippen molar-refractivity contribution in [1.82, 2.24) is 30.4 Å². The van der Waals surface area contributed by atoms with E-state index in [1.54, 1.807) is 9.58 Å². The fraction of sp³-hybridized carbons (Fsp3) is 0.778. The van der Waals surface area contributed by atoms with E-state index in [1.165, 1.54) is 0 Å². The Hall–Kier alpha value is -1.50. The molecule has 0 spiro atoms. The minimum atomic E-state index is -0.0831. The van der Waals surface area contributed by atoms with Crippen molar-refractivity contribution < 1.29 is 4.79 Å². The van der Waals surface area contributed by atoms with E-state index in [2.05, 4.69) is 20.8 Å². The van der Waals surface area contributed by atoms with E-state index in [0.29, 0.717) is 18.9 Å². The van der Waals surface area contributed by atoms with E-state index >= 15 is 0 Å². The number of nitrogens with one attached hydrogen (secondary N) is 1. The van der Waals surface area contributed by atoms with Gasteiger partial charge in [-0.15, -0.1) is 5.10 Å². The molecule has 0 bridgehead atoms. The molecule has 7 nitrogen and oxygen atoms in total. The van der Waals surface area contributed by atoms with Gasteiger partial charge < -0.3 is 10.2 Å². The minimum Gasteiger partial charge on any atom is -0.333 e. The van der Waals surface area contributed by atoms with Crippen LogP contribution in [0.15, 0.2) is 0 Å². The summed E-state index contributed by atoms with van der Waals surface area (Å²) in [5.41, 5.74) is 0. The van der Waals surface area contributed by atoms with Gasteiger partial charge in [-0.3, -0.25) is 4.79 Å². The lowest BCUT2D eigenvalue weighted by Crippen LogP contribution is -2.47. The maximum Gasteiger partial charge on any atom is 0.293 e. The van der Waals surface area contributed by atoms with Crippen LogP contribution in [0.5, 0.6) is 0 Å². The Labute approximate surface area is 93.8 Å². The van der Waals surface area contributed by atoms with Crippen LogP contribution < -0.4 is 5.32 Å². The maximum absolute atomic E-state index is 12.1. The van der Waals surface area contributed by atoms with Crippen LogP contribution in [0.25, 0.3) is 0 Å². The molecule has 1 aromatic heterocycles. The molecule has 1 aliphatic heterocycles. The number of carbonyl (C=O) groups is 1. The van der Waals surface area contributed by atoms with E-state index in [4.69, 9.17) is 0 Å². The van der Waals surface area contributed by atoms with Crippen molar-refractivity contribution in [1.29, 1.82) is 0 Å². The predicted octanol–water partition coefficient (Wildman–Crippen LogP) is -0.701. The van der Waals surface area contributed by atoms with Gasteiger partial charge in [-0.2, -0.15) is 0 Å². The molecule has 2 heterocycles. The summed E-state index contributed by atoms with van der Waals surface area (Å²) in [6.45, 7) is 6.98. The highest BCUT2D eigenvalue weighted by molar-refractivity contribution is 5.90. The van der Waals surface area contributed by atoms with Crippen molar-refractivity contribution in [3.05, 3.63) is 5.82 Å². The van der Waals surface area contributed by atoms with Gasteiger partial charge >= 0.3 is 0 Å². The van der Waals surface area contributed by atoms with E-state index in [-0.39, 0.29) is 11.9 Å². The molecular formula is C9H16N6O. The standard InChI is InChI=1S/C9H16N6O/c1-7(2)15-8(11-12-13-15)9(16)14-5-3-10-4-6-14/h7,10H,3-6H2,1-2H3. The lowest BCUT2D eigenvalue weighted by Gasteiger charge is -2.26. The van der Waals surface area contributed by atoms with Gasteiger partial charge in [0.1, 0.15) is 0 Å². The Kier molecular flexibility index (Phi) is 3.14. The molecule has 1 N–H and O–H groups in total. The molecule has 1 fully saturated rings. The van der Waals surface area contributed by atoms with Crippen LogP contribution >= 0.6 is 0 Å². The third kappa shape index (κ3) is 2.04. The number of aromatic nitrogens is 4. The molecule has 0 aliphatic carbocycles. The highest BCUT2D eigenvalue weighted by Crippen LogP contribution is 2.07. The average molecular weight is 224 g/mol. The first-order valence-corrected chi connectivity index (χ1v) is 5.48. The summed E-state index contributed by atoms with van der Waals surface area (Å²) >= 11 is 0. The number of nitrogens with zero attached hydrogens (tertiary/aromatic N) is 5. The molecule has 7 heteroatoms. The van der Waals surface area contributed by atoms with Gasteiger partial charge in [-0.1, -0.05) is 0 Å². The fourth-order valence-corrected chi connectivity index (χ4v) is 1.69. The molecule has 88 valence electrons. The van der Waals surface area contributed by atoms with E-state index < -0.39 is 0 Å². The van der Waals surface area contributed by atoms with E-state index in [9.17, 15) is 4.79 Å². The van der Waals surface area contributed by atoms with Gasteiger partial charge in [0.25, 0.3) is 5.91 Å². The second-order valence-corrected chi connectivity index (χ2v) is 4.08. The summed E-state index contributed by atoms with van der Waals surface area (Å²) in [6, 6.07) is 0.0943. The highest BCUT2D eigenvalue weighted by atomic mass is 16.2. The van der Waals surface area contributed by atoms with Crippen molar-refractivity contribution in [2.45, 2.75) is 19.9 Å². The van der Waals surface area contributed by atoms with Crippen LogP contribution in [0, 0.1) is 0 Å². The number of carbonyl (C=O) groups excluding carboxylic acids is 1. The molecule has 1 saturated heterocycles.